The number of hydrogen-bond donors (Lipinski definition) is 1. The molecule has 0 radical (unpaired) electrons. The number of nitrogens with two attached hydrogens (primary N) is 1. The molecule has 2 N–H and O–H groups in total. The fourth-order valence-electron chi connectivity index (χ4n) is 6.21. The van der Waals surface area contributed by atoms with Crippen molar-refractivity contribution in [3.05, 3.63) is 118 Å². The van der Waals surface area contributed by atoms with Gasteiger partial charge in [0.1, 0.15) is 23.3 Å². The number of hydrogen-bond acceptors (Lipinski definition) is 8. The van der Waals surface area contributed by atoms with E-state index >= 15 is 0 Å². The standard InChI is InChI=1S/C35H32F4N2O6/c1-4-46-33(43)28-25(20-7-6-8-24(17-20)45-3)18-26-29(31(28)42)27(19-9-13-22(36)14-10-19)30(34(44)47-5-2)32(40)41(26)23-15-11-21(12-16-23)35(37,38)39/h6-17,25,27-28H,4-5,18,40H2,1-3H3/t25-,27+,28+/m1/s1. The summed E-state index contributed by atoms with van der Waals surface area (Å²) in [4.78, 5) is 43.4. The highest BCUT2D eigenvalue weighted by Crippen LogP contribution is 2.52. The summed E-state index contributed by atoms with van der Waals surface area (Å²) in [6, 6.07) is 16.0. The molecule has 1 heterocycles. The first-order chi connectivity index (χ1) is 22.4. The maximum atomic E-state index is 14.8. The first-order valence-corrected chi connectivity index (χ1v) is 14.9. The molecule has 0 saturated heterocycles. The van der Waals surface area contributed by atoms with Gasteiger partial charge in [0.15, 0.2) is 5.78 Å². The third-order valence-corrected chi connectivity index (χ3v) is 8.25. The molecule has 3 aromatic rings. The number of anilines is 1. The van der Waals surface area contributed by atoms with Crippen LogP contribution in [-0.2, 0) is 30.0 Å². The van der Waals surface area contributed by atoms with E-state index in [1.807, 2.05) is 0 Å². The van der Waals surface area contributed by atoms with Crippen molar-refractivity contribution in [1.82, 2.24) is 0 Å². The average Bonchev–Trinajstić information content (AvgIpc) is 3.04. The molecular weight excluding hydrogens is 620 g/mol. The van der Waals surface area contributed by atoms with Crippen molar-refractivity contribution in [2.75, 3.05) is 25.2 Å². The highest BCUT2D eigenvalue weighted by molar-refractivity contribution is 6.14. The van der Waals surface area contributed by atoms with Crippen LogP contribution < -0.4 is 15.4 Å². The van der Waals surface area contributed by atoms with E-state index in [1.54, 1.807) is 38.1 Å². The van der Waals surface area contributed by atoms with Crippen LogP contribution >= 0.6 is 0 Å². The zero-order valence-electron chi connectivity index (χ0n) is 25.8. The van der Waals surface area contributed by atoms with Crippen molar-refractivity contribution in [2.45, 2.75) is 38.3 Å². The van der Waals surface area contributed by atoms with E-state index in [0.717, 1.165) is 24.3 Å². The van der Waals surface area contributed by atoms with Crippen molar-refractivity contribution >= 4 is 23.4 Å². The molecule has 0 bridgehead atoms. The number of alkyl halides is 3. The van der Waals surface area contributed by atoms with E-state index in [9.17, 15) is 31.9 Å². The monoisotopic (exact) mass is 652 g/mol. The number of esters is 2. The van der Waals surface area contributed by atoms with Crippen molar-refractivity contribution < 1.29 is 46.2 Å². The maximum absolute atomic E-state index is 14.8. The Balaban J connectivity index is 1.82. The molecular formula is C35H32F4N2O6. The first-order valence-electron chi connectivity index (χ1n) is 14.9. The lowest BCUT2D eigenvalue weighted by molar-refractivity contribution is -0.152. The average molecular weight is 653 g/mol. The summed E-state index contributed by atoms with van der Waals surface area (Å²) in [7, 11) is 1.47. The van der Waals surface area contributed by atoms with Crippen LogP contribution in [0.5, 0.6) is 5.75 Å². The number of ketones is 1. The minimum Gasteiger partial charge on any atom is -0.497 e. The summed E-state index contributed by atoms with van der Waals surface area (Å²) in [5.74, 6) is -6.06. The third kappa shape index (κ3) is 6.32. The number of ether oxygens (including phenoxy) is 3. The Kier molecular flexibility index (Phi) is 9.41. The second-order valence-corrected chi connectivity index (χ2v) is 10.9. The van der Waals surface area contributed by atoms with Gasteiger partial charge in [-0.3, -0.25) is 14.5 Å². The zero-order valence-corrected chi connectivity index (χ0v) is 25.8. The summed E-state index contributed by atoms with van der Waals surface area (Å²) in [5.41, 5.74) is 6.89. The van der Waals surface area contributed by atoms with E-state index in [0.29, 0.717) is 16.9 Å². The smallest absolute Gasteiger partial charge is 0.416 e. The van der Waals surface area contributed by atoms with E-state index in [-0.39, 0.29) is 48.0 Å². The van der Waals surface area contributed by atoms with Crippen molar-refractivity contribution in [3.63, 3.8) is 0 Å². The number of halogens is 4. The molecule has 1 aliphatic heterocycles. The third-order valence-electron chi connectivity index (χ3n) is 8.25. The van der Waals surface area contributed by atoms with Gasteiger partial charge in [0.25, 0.3) is 0 Å². The van der Waals surface area contributed by atoms with E-state index in [1.165, 1.54) is 36.3 Å². The summed E-state index contributed by atoms with van der Waals surface area (Å²) in [6.07, 6.45) is -4.64. The molecule has 0 aromatic heterocycles. The molecule has 246 valence electrons. The summed E-state index contributed by atoms with van der Waals surface area (Å²) >= 11 is 0. The topological polar surface area (TPSA) is 108 Å². The zero-order chi connectivity index (χ0) is 34.0. The molecule has 1 aliphatic carbocycles. The molecule has 5 rings (SSSR count). The molecule has 8 nitrogen and oxygen atoms in total. The fraction of sp³-hybridized carbons (Fsp3) is 0.286. The van der Waals surface area contributed by atoms with Gasteiger partial charge in [-0.05, 0) is 79.9 Å². The van der Waals surface area contributed by atoms with Gasteiger partial charge >= 0.3 is 18.1 Å². The lowest BCUT2D eigenvalue weighted by Crippen LogP contribution is -2.46. The Morgan fingerprint density at radius 3 is 2.19 bits per heavy atom. The fourth-order valence-corrected chi connectivity index (χ4v) is 6.21. The SMILES string of the molecule is CCOC(=O)C1=C(N)N(c2ccc(C(F)(F)F)cc2)C2=C(C(=O)[C@@H](C(=O)OCC)[C@@H](c3cccc(OC)c3)C2)[C@@H]1c1ccc(F)cc1. The molecule has 12 heteroatoms. The lowest BCUT2D eigenvalue weighted by atomic mass is 9.67. The highest BCUT2D eigenvalue weighted by Gasteiger charge is 2.51. The number of methoxy groups -OCH3 is 1. The molecule has 2 aliphatic rings. The number of allylic oxidation sites excluding steroid dienone is 2. The molecule has 0 fully saturated rings. The van der Waals surface area contributed by atoms with E-state index in [4.69, 9.17) is 19.9 Å². The van der Waals surface area contributed by atoms with Crippen LogP contribution in [0.25, 0.3) is 0 Å². The number of rotatable bonds is 8. The molecule has 0 spiro atoms. The quantitative estimate of drug-likeness (QED) is 0.170. The number of carbonyl (C=O) groups is 3. The van der Waals surface area contributed by atoms with Gasteiger partial charge in [-0.2, -0.15) is 13.2 Å². The maximum Gasteiger partial charge on any atom is 0.416 e. The summed E-state index contributed by atoms with van der Waals surface area (Å²) in [6.45, 7) is 3.10. The Morgan fingerprint density at radius 2 is 1.60 bits per heavy atom. The molecule has 3 aromatic carbocycles. The number of carbonyl (C=O) groups excluding carboxylic acids is 3. The first kappa shape index (κ1) is 33.2. The minimum atomic E-state index is -4.62. The Labute approximate surface area is 268 Å². The summed E-state index contributed by atoms with van der Waals surface area (Å²) < 4.78 is 70.8. The van der Waals surface area contributed by atoms with Crippen LogP contribution in [0.15, 0.2) is 95.5 Å². The Morgan fingerprint density at radius 1 is 0.936 bits per heavy atom. The Bertz CT molecular complexity index is 1750. The molecule has 0 saturated carbocycles. The highest BCUT2D eigenvalue weighted by atomic mass is 19.4. The Hall–Kier alpha value is -5.13. The predicted octanol–water partition coefficient (Wildman–Crippen LogP) is 6.38. The molecule has 3 atom stereocenters. The largest absolute Gasteiger partial charge is 0.497 e. The summed E-state index contributed by atoms with van der Waals surface area (Å²) in [5, 5.41) is 0. The van der Waals surface area contributed by atoms with Crippen LogP contribution in [0.4, 0.5) is 23.2 Å². The molecule has 0 amide bonds. The van der Waals surface area contributed by atoms with E-state index in [2.05, 4.69) is 0 Å². The van der Waals surface area contributed by atoms with Gasteiger partial charge in [-0.15, -0.1) is 0 Å². The van der Waals surface area contributed by atoms with Crippen LogP contribution in [0.1, 0.15) is 48.8 Å². The number of Topliss-reactive ketones (excluding diaryl/α,β-unsaturated/α-hetero) is 1. The van der Waals surface area contributed by atoms with Crippen LogP contribution in [-0.4, -0.2) is 38.0 Å². The predicted molar refractivity (Wildman–Crippen MR) is 163 cm³/mol. The number of nitrogens with zero attached hydrogens (tertiary/aromatic N) is 1. The van der Waals surface area contributed by atoms with Crippen LogP contribution in [0.2, 0.25) is 0 Å². The van der Waals surface area contributed by atoms with Gasteiger partial charge in [0.2, 0.25) is 0 Å². The normalized spacial score (nSPS) is 19.8. The van der Waals surface area contributed by atoms with Gasteiger partial charge in [-0.1, -0.05) is 24.3 Å². The van der Waals surface area contributed by atoms with Crippen LogP contribution in [0.3, 0.4) is 0 Å². The van der Waals surface area contributed by atoms with Crippen LogP contribution in [0, 0.1) is 11.7 Å². The van der Waals surface area contributed by atoms with Gasteiger partial charge in [0.05, 0.1) is 37.4 Å². The van der Waals surface area contributed by atoms with Gasteiger partial charge in [-0.25, -0.2) is 9.18 Å². The second kappa shape index (κ2) is 13.3. The van der Waals surface area contributed by atoms with Crippen molar-refractivity contribution in [1.29, 1.82) is 0 Å². The lowest BCUT2D eigenvalue weighted by Gasteiger charge is -2.44. The van der Waals surface area contributed by atoms with Crippen molar-refractivity contribution in [3.8, 4) is 5.75 Å². The molecule has 0 unspecified atom stereocenters. The minimum absolute atomic E-state index is 0.00837. The second-order valence-electron chi connectivity index (χ2n) is 10.9. The van der Waals surface area contributed by atoms with Gasteiger partial charge < -0.3 is 19.9 Å². The molecule has 47 heavy (non-hydrogen) atoms. The van der Waals surface area contributed by atoms with E-state index < -0.39 is 53.0 Å². The van der Waals surface area contributed by atoms with Gasteiger partial charge in [0, 0.05) is 22.9 Å². The number of benzene rings is 3. The van der Waals surface area contributed by atoms with Crippen molar-refractivity contribution in [2.24, 2.45) is 11.7 Å².